The molecule has 0 fully saturated rings. The van der Waals surface area contributed by atoms with E-state index >= 15 is 0 Å². The van der Waals surface area contributed by atoms with Gasteiger partial charge in [-0.1, -0.05) is 30.3 Å². The molecule has 1 N–H and O–H groups in total. The lowest BCUT2D eigenvalue weighted by molar-refractivity contribution is 0.0941. The Balaban J connectivity index is 1.56. The Hall–Kier alpha value is -3.18. The van der Waals surface area contributed by atoms with Crippen molar-refractivity contribution in [1.29, 1.82) is 0 Å². The molecule has 3 rings (SSSR count). The van der Waals surface area contributed by atoms with Gasteiger partial charge in [0.15, 0.2) is 0 Å². The maximum atomic E-state index is 12.5. The standard InChI is InChI=1S/C23H25N3O2/c1-26(2)20(15-18-7-4-3-5-8-18)16-25-23(27)19-10-12-21(13-11-19)28-22-9-6-14-24-17-22/h3-14,17,20H,15-16H2,1-2H3,(H,25,27). The molecular weight excluding hydrogens is 350 g/mol. The van der Waals surface area contributed by atoms with E-state index in [4.69, 9.17) is 4.74 Å². The summed E-state index contributed by atoms with van der Waals surface area (Å²) in [6, 6.07) is 21.3. The van der Waals surface area contributed by atoms with Crippen LogP contribution in [0.5, 0.6) is 11.5 Å². The summed E-state index contributed by atoms with van der Waals surface area (Å²) >= 11 is 0. The van der Waals surface area contributed by atoms with E-state index in [1.165, 1.54) is 5.56 Å². The van der Waals surface area contributed by atoms with Gasteiger partial charge in [0.05, 0.1) is 6.20 Å². The molecule has 0 bridgehead atoms. The quantitative estimate of drug-likeness (QED) is 0.651. The minimum atomic E-state index is -0.0900. The number of nitrogens with one attached hydrogen (secondary N) is 1. The highest BCUT2D eigenvalue weighted by Gasteiger charge is 2.14. The van der Waals surface area contributed by atoms with E-state index in [1.807, 2.05) is 44.4 Å². The Morgan fingerprint density at radius 3 is 2.39 bits per heavy atom. The van der Waals surface area contributed by atoms with Gasteiger partial charge in [-0.05, 0) is 62.5 Å². The van der Waals surface area contributed by atoms with Crippen molar-refractivity contribution < 1.29 is 9.53 Å². The first kappa shape index (κ1) is 19.6. The lowest BCUT2D eigenvalue weighted by Gasteiger charge is -2.24. The average molecular weight is 375 g/mol. The van der Waals surface area contributed by atoms with Crippen molar-refractivity contribution in [3.05, 3.63) is 90.3 Å². The zero-order valence-corrected chi connectivity index (χ0v) is 16.2. The van der Waals surface area contributed by atoms with Gasteiger partial charge >= 0.3 is 0 Å². The fourth-order valence-electron chi connectivity index (χ4n) is 2.85. The molecule has 1 aromatic heterocycles. The molecule has 0 spiro atoms. The Labute approximate surface area is 166 Å². The molecule has 0 aliphatic heterocycles. The second-order valence-corrected chi connectivity index (χ2v) is 6.83. The van der Waals surface area contributed by atoms with Crippen molar-refractivity contribution in [2.45, 2.75) is 12.5 Å². The Morgan fingerprint density at radius 1 is 1.00 bits per heavy atom. The van der Waals surface area contributed by atoms with Gasteiger partial charge in [0.1, 0.15) is 11.5 Å². The summed E-state index contributed by atoms with van der Waals surface area (Å²) < 4.78 is 5.71. The fourth-order valence-corrected chi connectivity index (χ4v) is 2.85. The van der Waals surface area contributed by atoms with E-state index in [0.29, 0.717) is 23.6 Å². The van der Waals surface area contributed by atoms with Crippen LogP contribution in [0, 0.1) is 0 Å². The number of pyridine rings is 1. The highest BCUT2D eigenvalue weighted by Crippen LogP contribution is 2.20. The number of rotatable bonds is 8. The van der Waals surface area contributed by atoms with Crippen LogP contribution in [0.4, 0.5) is 0 Å². The SMILES string of the molecule is CN(C)C(CNC(=O)c1ccc(Oc2cccnc2)cc1)Cc1ccccc1. The maximum absolute atomic E-state index is 12.5. The van der Waals surface area contributed by atoms with Crippen LogP contribution in [0.3, 0.4) is 0 Å². The number of likely N-dealkylation sites (N-methyl/N-ethyl adjacent to an activating group) is 1. The lowest BCUT2D eigenvalue weighted by Crippen LogP contribution is -2.41. The molecule has 2 aromatic carbocycles. The van der Waals surface area contributed by atoms with Crippen molar-refractivity contribution in [2.75, 3.05) is 20.6 Å². The third-order valence-electron chi connectivity index (χ3n) is 4.53. The van der Waals surface area contributed by atoms with E-state index in [1.54, 1.807) is 36.7 Å². The number of carbonyl (C=O) groups is 1. The summed E-state index contributed by atoms with van der Waals surface area (Å²) in [6.45, 7) is 0.578. The molecule has 0 aliphatic carbocycles. The summed E-state index contributed by atoms with van der Waals surface area (Å²) in [7, 11) is 4.06. The Kier molecular flexibility index (Phi) is 6.76. The zero-order chi connectivity index (χ0) is 19.8. The predicted molar refractivity (Wildman–Crippen MR) is 111 cm³/mol. The number of carbonyl (C=O) groups excluding carboxylic acids is 1. The monoisotopic (exact) mass is 375 g/mol. The molecule has 28 heavy (non-hydrogen) atoms. The van der Waals surface area contributed by atoms with Gasteiger partial charge < -0.3 is 15.0 Å². The molecule has 1 heterocycles. The van der Waals surface area contributed by atoms with Gasteiger partial charge in [-0.25, -0.2) is 0 Å². The molecule has 0 saturated heterocycles. The number of ether oxygens (including phenoxy) is 1. The van der Waals surface area contributed by atoms with Gasteiger partial charge in [-0.15, -0.1) is 0 Å². The first-order chi connectivity index (χ1) is 13.6. The third kappa shape index (κ3) is 5.66. The molecule has 0 saturated carbocycles. The van der Waals surface area contributed by atoms with Gasteiger partial charge in [-0.2, -0.15) is 0 Å². The minimum Gasteiger partial charge on any atom is -0.456 e. The predicted octanol–water partition coefficient (Wildman–Crippen LogP) is 3.78. The van der Waals surface area contributed by atoms with Crippen LogP contribution < -0.4 is 10.1 Å². The van der Waals surface area contributed by atoms with Crippen LogP contribution in [0.25, 0.3) is 0 Å². The van der Waals surface area contributed by atoms with E-state index in [-0.39, 0.29) is 11.9 Å². The first-order valence-corrected chi connectivity index (χ1v) is 9.28. The maximum Gasteiger partial charge on any atom is 0.251 e. The van der Waals surface area contributed by atoms with Crippen molar-refractivity contribution in [3.8, 4) is 11.5 Å². The number of amides is 1. The van der Waals surface area contributed by atoms with Crippen molar-refractivity contribution in [1.82, 2.24) is 15.2 Å². The highest BCUT2D eigenvalue weighted by molar-refractivity contribution is 5.94. The molecule has 1 amide bonds. The zero-order valence-electron chi connectivity index (χ0n) is 16.2. The van der Waals surface area contributed by atoms with Crippen LogP contribution in [0.1, 0.15) is 15.9 Å². The van der Waals surface area contributed by atoms with Crippen LogP contribution in [-0.4, -0.2) is 42.5 Å². The van der Waals surface area contributed by atoms with Gasteiger partial charge in [0, 0.05) is 24.3 Å². The van der Waals surface area contributed by atoms with Crippen molar-refractivity contribution >= 4 is 5.91 Å². The summed E-state index contributed by atoms with van der Waals surface area (Å²) in [5, 5.41) is 3.04. The molecule has 0 aliphatic rings. The van der Waals surface area contributed by atoms with Crippen LogP contribution in [0.2, 0.25) is 0 Å². The van der Waals surface area contributed by atoms with Crippen LogP contribution in [0.15, 0.2) is 79.1 Å². The van der Waals surface area contributed by atoms with Gasteiger partial charge in [-0.3, -0.25) is 9.78 Å². The van der Waals surface area contributed by atoms with Crippen molar-refractivity contribution in [3.63, 3.8) is 0 Å². The second-order valence-electron chi connectivity index (χ2n) is 6.83. The molecule has 5 heteroatoms. The van der Waals surface area contributed by atoms with Gasteiger partial charge in [0.25, 0.3) is 5.91 Å². The van der Waals surface area contributed by atoms with Crippen LogP contribution in [-0.2, 0) is 6.42 Å². The summed E-state index contributed by atoms with van der Waals surface area (Å²) in [6.07, 6.45) is 4.22. The average Bonchev–Trinajstić information content (AvgIpc) is 2.73. The number of hydrogen-bond acceptors (Lipinski definition) is 4. The Morgan fingerprint density at radius 2 is 1.75 bits per heavy atom. The van der Waals surface area contributed by atoms with E-state index in [0.717, 1.165) is 6.42 Å². The number of aromatic nitrogens is 1. The summed E-state index contributed by atoms with van der Waals surface area (Å²) in [5.74, 6) is 1.24. The number of benzene rings is 2. The fraction of sp³-hybridized carbons (Fsp3) is 0.217. The van der Waals surface area contributed by atoms with Crippen molar-refractivity contribution in [2.24, 2.45) is 0 Å². The first-order valence-electron chi connectivity index (χ1n) is 9.28. The Bertz CT molecular complexity index is 865. The third-order valence-corrected chi connectivity index (χ3v) is 4.53. The second kappa shape index (κ2) is 9.67. The summed E-state index contributed by atoms with van der Waals surface area (Å²) in [4.78, 5) is 18.7. The minimum absolute atomic E-state index is 0.0900. The topological polar surface area (TPSA) is 54.5 Å². The van der Waals surface area contributed by atoms with E-state index in [2.05, 4.69) is 27.3 Å². The normalized spacial score (nSPS) is 11.8. The van der Waals surface area contributed by atoms with E-state index < -0.39 is 0 Å². The highest BCUT2D eigenvalue weighted by atomic mass is 16.5. The smallest absolute Gasteiger partial charge is 0.251 e. The lowest BCUT2D eigenvalue weighted by atomic mass is 10.0. The molecule has 3 aromatic rings. The van der Waals surface area contributed by atoms with Crippen LogP contribution >= 0.6 is 0 Å². The largest absolute Gasteiger partial charge is 0.456 e. The molecule has 0 radical (unpaired) electrons. The number of nitrogens with zero attached hydrogens (tertiary/aromatic N) is 2. The van der Waals surface area contributed by atoms with Gasteiger partial charge in [0.2, 0.25) is 0 Å². The molecular formula is C23H25N3O2. The molecule has 144 valence electrons. The van der Waals surface area contributed by atoms with E-state index in [9.17, 15) is 4.79 Å². The molecule has 5 nitrogen and oxygen atoms in total. The molecule has 1 unspecified atom stereocenters. The number of hydrogen-bond donors (Lipinski definition) is 1. The summed E-state index contributed by atoms with van der Waals surface area (Å²) in [5.41, 5.74) is 1.86. The molecule has 1 atom stereocenters.